The number of benzene rings is 2. The minimum atomic E-state index is -3.33. The van der Waals surface area contributed by atoms with E-state index in [1.807, 2.05) is 74.5 Å². The van der Waals surface area contributed by atoms with Gasteiger partial charge in [-0.25, -0.2) is 0 Å². The van der Waals surface area contributed by atoms with Crippen molar-refractivity contribution in [1.29, 1.82) is 0 Å². The lowest BCUT2D eigenvalue weighted by molar-refractivity contribution is 0.201. The summed E-state index contributed by atoms with van der Waals surface area (Å²) in [6.45, 7) is 5.42. The first kappa shape index (κ1) is 19.8. The summed E-state index contributed by atoms with van der Waals surface area (Å²) in [4.78, 5) is 0. The van der Waals surface area contributed by atoms with Crippen LogP contribution in [-0.4, -0.2) is 19.1 Å². The highest BCUT2D eigenvalue weighted by molar-refractivity contribution is 7.54. The molecular weight excluding hydrogens is 335 g/mol. The summed E-state index contributed by atoms with van der Waals surface area (Å²) in [5.74, 6) is -0.590. The van der Waals surface area contributed by atoms with Gasteiger partial charge in [0.1, 0.15) is 0 Å². The maximum Gasteiger partial charge on any atom is 0.361 e. The minimum absolute atomic E-state index is 0.327. The third-order valence-corrected chi connectivity index (χ3v) is 5.85. The number of hydrogen-bond acceptors (Lipinski definition) is 5. The van der Waals surface area contributed by atoms with Crippen LogP contribution >= 0.6 is 7.60 Å². The van der Waals surface area contributed by atoms with Crippen molar-refractivity contribution in [2.75, 3.05) is 13.2 Å². The lowest BCUT2D eigenvalue weighted by Crippen LogP contribution is -2.42. The molecule has 0 amide bonds. The van der Waals surface area contributed by atoms with Crippen LogP contribution in [0.1, 0.15) is 25.0 Å². The summed E-state index contributed by atoms with van der Waals surface area (Å²) in [7, 11) is -3.33. The van der Waals surface area contributed by atoms with E-state index >= 15 is 0 Å². The highest BCUT2D eigenvalue weighted by Crippen LogP contribution is 2.51. The first-order valence-electron chi connectivity index (χ1n) is 8.61. The Bertz CT molecular complexity index is 599. The Morgan fingerprint density at radius 2 is 1.20 bits per heavy atom. The van der Waals surface area contributed by atoms with Gasteiger partial charge in [0.05, 0.1) is 13.2 Å². The first-order valence-corrected chi connectivity index (χ1v) is 10.2. The van der Waals surface area contributed by atoms with E-state index in [-0.39, 0.29) is 0 Å². The van der Waals surface area contributed by atoms with Crippen molar-refractivity contribution in [2.24, 2.45) is 0 Å². The van der Waals surface area contributed by atoms with Crippen molar-refractivity contribution in [2.45, 2.75) is 32.8 Å². The number of hydrogen-bond donors (Lipinski definition) is 2. The van der Waals surface area contributed by atoms with Crippen LogP contribution in [0.3, 0.4) is 0 Å². The fourth-order valence-electron chi connectivity index (χ4n) is 2.46. The van der Waals surface area contributed by atoms with Crippen molar-refractivity contribution in [3.63, 3.8) is 0 Å². The van der Waals surface area contributed by atoms with Gasteiger partial charge in [-0.05, 0) is 25.0 Å². The molecule has 0 aromatic heterocycles. The molecule has 0 radical (unpaired) electrons. The molecule has 0 atom stereocenters. The van der Waals surface area contributed by atoms with Gasteiger partial charge in [0.25, 0.3) is 0 Å². The third-order valence-electron chi connectivity index (χ3n) is 3.62. The molecule has 2 aromatic carbocycles. The van der Waals surface area contributed by atoms with E-state index in [4.69, 9.17) is 9.05 Å². The largest absolute Gasteiger partial charge is 0.361 e. The average Bonchev–Trinajstić information content (AvgIpc) is 2.63. The van der Waals surface area contributed by atoms with Gasteiger partial charge < -0.3 is 9.05 Å². The van der Waals surface area contributed by atoms with Crippen LogP contribution in [0.2, 0.25) is 0 Å². The van der Waals surface area contributed by atoms with Crippen LogP contribution in [0.4, 0.5) is 0 Å². The normalized spacial score (nSPS) is 11.8. The first-order chi connectivity index (χ1) is 12.2. The second kappa shape index (κ2) is 10.5. The van der Waals surface area contributed by atoms with Crippen LogP contribution in [0.15, 0.2) is 60.7 Å². The molecule has 2 aromatic rings. The van der Waals surface area contributed by atoms with E-state index in [2.05, 4.69) is 10.6 Å². The van der Waals surface area contributed by atoms with Gasteiger partial charge in [-0.15, -0.1) is 0 Å². The third kappa shape index (κ3) is 6.38. The quantitative estimate of drug-likeness (QED) is 0.465. The molecule has 0 saturated carbocycles. The second-order valence-electron chi connectivity index (χ2n) is 5.51. The Morgan fingerprint density at radius 1 is 0.800 bits per heavy atom. The van der Waals surface area contributed by atoms with Crippen LogP contribution in [-0.2, 0) is 26.7 Å². The molecule has 2 N–H and O–H groups in total. The van der Waals surface area contributed by atoms with Gasteiger partial charge in [-0.3, -0.25) is 15.2 Å². The van der Waals surface area contributed by atoms with E-state index in [0.717, 1.165) is 11.1 Å². The van der Waals surface area contributed by atoms with Crippen molar-refractivity contribution in [1.82, 2.24) is 10.6 Å². The Kier molecular flexibility index (Phi) is 8.32. The molecule has 0 spiro atoms. The summed E-state index contributed by atoms with van der Waals surface area (Å²) in [5, 5.41) is 6.58. The van der Waals surface area contributed by atoms with Crippen molar-refractivity contribution >= 4 is 7.60 Å². The Hall–Kier alpha value is -1.49. The summed E-state index contributed by atoms with van der Waals surface area (Å²) in [6.07, 6.45) is 0. The minimum Gasteiger partial charge on any atom is -0.307 e. The molecule has 0 saturated heterocycles. The molecule has 0 bridgehead atoms. The molecular formula is C19H27N2O3P. The highest BCUT2D eigenvalue weighted by atomic mass is 31.2. The number of rotatable bonds is 11. The Morgan fingerprint density at radius 3 is 1.56 bits per heavy atom. The fraction of sp³-hybridized carbons (Fsp3) is 0.368. The van der Waals surface area contributed by atoms with Gasteiger partial charge in [0, 0.05) is 13.1 Å². The van der Waals surface area contributed by atoms with E-state index in [0.29, 0.717) is 26.3 Å². The lowest BCUT2D eigenvalue weighted by atomic mass is 10.2. The zero-order valence-corrected chi connectivity index (χ0v) is 15.7. The second-order valence-corrected chi connectivity index (χ2v) is 7.62. The fourth-order valence-corrected chi connectivity index (χ4v) is 4.19. The van der Waals surface area contributed by atoms with Gasteiger partial charge >= 0.3 is 7.60 Å². The van der Waals surface area contributed by atoms with Gasteiger partial charge in [0.2, 0.25) is 0 Å². The molecule has 25 heavy (non-hydrogen) atoms. The lowest BCUT2D eigenvalue weighted by Gasteiger charge is -2.28. The topological polar surface area (TPSA) is 59.6 Å². The SMILES string of the molecule is CCOP(=O)(OCC)C(NCc1ccccc1)NCc1ccccc1. The predicted molar refractivity (Wildman–Crippen MR) is 101 cm³/mol. The molecule has 6 heteroatoms. The molecule has 0 unspecified atom stereocenters. The smallest absolute Gasteiger partial charge is 0.307 e. The van der Waals surface area contributed by atoms with E-state index in [9.17, 15) is 4.57 Å². The predicted octanol–water partition coefficient (Wildman–Crippen LogP) is 4.12. The summed E-state index contributed by atoms with van der Waals surface area (Å²) < 4.78 is 24.2. The molecule has 5 nitrogen and oxygen atoms in total. The van der Waals surface area contributed by atoms with Crippen LogP contribution < -0.4 is 10.6 Å². The highest BCUT2D eigenvalue weighted by Gasteiger charge is 2.35. The molecule has 2 rings (SSSR count). The van der Waals surface area contributed by atoms with Gasteiger partial charge in [0.15, 0.2) is 5.91 Å². The summed E-state index contributed by atoms with van der Waals surface area (Å²) >= 11 is 0. The molecule has 0 aliphatic carbocycles. The van der Waals surface area contributed by atoms with Crippen LogP contribution in [0, 0.1) is 0 Å². The monoisotopic (exact) mass is 362 g/mol. The van der Waals surface area contributed by atoms with E-state index in [1.165, 1.54) is 0 Å². The summed E-state index contributed by atoms with van der Waals surface area (Å²) in [5.41, 5.74) is 2.21. The van der Waals surface area contributed by atoms with Gasteiger partial charge in [-0.2, -0.15) is 0 Å². The van der Waals surface area contributed by atoms with Crippen molar-refractivity contribution in [3.05, 3.63) is 71.8 Å². The van der Waals surface area contributed by atoms with Crippen molar-refractivity contribution < 1.29 is 13.6 Å². The van der Waals surface area contributed by atoms with Crippen LogP contribution in [0.5, 0.6) is 0 Å². The summed E-state index contributed by atoms with van der Waals surface area (Å²) in [6, 6.07) is 20.0. The Balaban J connectivity index is 2.09. The maximum absolute atomic E-state index is 13.2. The standard InChI is InChI=1S/C19H27N2O3P/c1-3-23-25(22,24-4-2)19(20-15-17-11-7-5-8-12-17)21-16-18-13-9-6-10-14-18/h5-14,19-21H,3-4,15-16H2,1-2H3. The molecule has 136 valence electrons. The molecule has 0 heterocycles. The number of nitrogens with one attached hydrogen (secondary N) is 2. The van der Waals surface area contributed by atoms with Crippen molar-refractivity contribution in [3.8, 4) is 0 Å². The zero-order chi connectivity index (χ0) is 18.0. The van der Waals surface area contributed by atoms with Crippen LogP contribution in [0.25, 0.3) is 0 Å². The molecule has 0 aliphatic rings. The zero-order valence-electron chi connectivity index (χ0n) is 14.9. The average molecular weight is 362 g/mol. The molecule has 0 fully saturated rings. The Labute approximate surface area is 150 Å². The maximum atomic E-state index is 13.2. The molecule has 0 aliphatic heterocycles. The van der Waals surface area contributed by atoms with E-state index in [1.54, 1.807) is 0 Å². The van der Waals surface area contributed by atoms with Gasteiger partial charge in [-0.1, -0.05) is 60.7 Å². The van der Waals surface area contributed by atoms with E-state index < -0.39 is 13.5 Å².